The summed E-state index contributed by atoms with van der Waals surface area (Å²) in [6.45, 7) is 0. The second-order valence-corrected chi connectivity index (χ2v) is 12.2. The van der Waals surface area contributed by atoms with E-state index in [0.717, 1.165) is 69.9 Å². The minimum Gasteiger partial charge on any atom is -0.479 e. The lowest BCUT2D eigenvalue weighted by atomic mass is 9.94. The Balaban J connectivity index is 1.02. The number of pyridine rings is 1. The van der Waals surface area contributed by atoms with Gasteiger partial charge in [0, 0.05) is 58.6 Å². The van der Waals surface area contributed by atoms with Gasteiger partial charge in [0.2, 0.25) is 0 Å². The van der Waals surface area contributed by atoms with E-state index in [1.807, 2.05) is 29.0 Å². The monoisotopic (exact) mass is 562 g/mol. The number of carbonyl (C=O) groups is 1. The summed E-state index contributed by atoms with van der Waals surface area (Å²) in [7, 11) is 0. The van der Waals surface area contributed by atoms with Gasteiger partial charge in [-0.1, -0.05) is 23.7 Å². The van der Waals surface area contributed by atoms with Gasteiger partial charge >= 0.3 is 0 Å². The van der Waals surface area contributed by atoms with Crippen LogP contribution in [0, 0.1) is 5.92 Å². The highest BCUT2D eigenvalue weighted by Crippen LogP contribution is 2.60. The number of allylic oxidation sites excluding steroid dienone is 1. The molecule has 2 aliphatic carbocycles. The van der Waals surface area contributed by atoms with E-state index in [0.29, 0.717) is 29.7 Å². The topological polar surface area (TPSA) is 104 Å². The maximum Gasteiger partial charge on any atom is 0.251 e. The van der Waals surface area contributed by atoms with Crippen LogP contribution in [0.1, 0.15) is 54.5 Å². The van der Waals surface area contributed by atoms with Gasteiger partial charge in [0.1, 0.15) is 12.1 Å². The number of ether oxygens (including phenoxy) is 1. The molecule has 0 amide bonds. The largest absolute Gasteiger partial charge is 0.479 e. The number of tetrazole rings is 1. The number of benzene rings is 2. The molecule has 2 saturated carbocycles. The molecule has 41 heavy (non-hydrogen) atoms. The van der Waals surface area contributed by atoms with E-state index in [-0.39, 0.29) is 17.4 Å². The fourth-order valence-corrected chi connectivity index (χ4v) is 7.11. The SMILES string of the molecule is O=C1Cc2ccc(C3=CN=C([C@@H]4[C@H]5C[C@H]5c5cc(-c6cc(Cl)ccc6-n6cnnn6)cc(=O)n54)C3)cc2OC12CC2. The molecule has 202 valence electrons. The molecule has 9 nitrogen and oxygen atoms in total. The van der Waals surface area contributed by atoms with Gasteiger partial charge in [-0.3, -0.25) is 14.6 Å². The molecule has 2 aromatic heterocycles. The van der Waals surface area contributed by atoms with Crippen LogP contribution in [0.15, 0.2) is 70.8 Å². The van der Waals surface area contributed by atoms with Crippen molar-refractivity contribution in [3.63, 3.8) is 0 Å². The molecule has 5 heterocycles. The summed E-state index contributed by atoms with van der Waals surface area (Å²) in [6, 6.07) is 15.4. The smallest absolute Gasteiger partial charge is 0.251 e. The standard InChI is InChI=1S/C31H23ClN6O3/c32-20-3-4-25(37-15-34-35-36-37)21(12-20)18-8-26-22-13-23(22)30(38(26)29(40)11-18)24-7-19(14-33-24)16-1-2-17-10-28(39)31(5-6-31)41-27(17)9-16/h1-4,8-9,11-12,14-15,22-23,30H,5-7,10,13H2/t22-,23+,30+/m1/s1. The van der Waals surface area contributed by atoms with Crippen LogP contribution in [0.3, 0.4) is 0 Å². The maximum atomic E-state index is 13.7. The summed E-state index contributed by atoms with van der Waals surface area (Å²) in [5, 5.41) is 12.1. The molecule has 4 aromatic rings. The van der Waals surface area contributed by atoms with Crippen molar-refractivity contribution in [1.82, 2.24) is 24.8 Å². The zero-order valence-electron chi connectivity index (χ0n) is 21.8. The van der Waals surface area contributed by atoms with Crippen LogP contribution in [0.5, 0.6) is 5.75 Å². The Morgan fingerprint density at radius 1 is 1.00 bits per heavy atom. The van der Waals surface area contributed by atoms with Gasteiger partial charge < -0.3 is 9.30 Å². The van der Waals surface area contributed by atoms with E-state index < -0.39 is 5.60 Å². The molecule has 2 fully saturated rings. The van der Waals surface area contributed by atoms with Crippen molar-refractivity contribution in [3.05, 3.63) is 93.3 Å². The Bertz CT molecular complexity index is 1940. The van der Waals surface area contributed by atoms with E-state index in [9.17, 15) is 9.59 Å². The van der Waals surface area contributed by atoms with Gasteiger partial charge in [0.15, 0.2) is 11.4 Å². The molecule has 5 aliphatic rings. The third-order valence-corrected chi connectivity index (χ3v) is 9.51. The normalized spacial score (nSPS) is 24.3. The minimum absolute atomic E-state index is 0.0462. The van der Waals surface area contributed by atoms with Crippen LogP contribution in [0.25, 0.3) is 22.4 Å². The van der Waals surface area contributed by atoms with Crippen LogP contribution >= 0.6 is 11.6 Å². The van der Waals surface area contributed by atoms with Gasteiger partial charge in [-0.15, -0.1) is 5.10 Å². The number of hydrogen-bond donors (Lipinski definition) is 0. The zero-order valence-corrected chi connectivity index (χ0v) is 22.6. The molecule has 9 rings (SSSR count). The van der Waals surface area contributed by atoms with Crippen LogP contribution in [-0.2, 0) is 11.2 Å². The first-order valence-electron chi connectivity index (χ1n) is 13.9. The summed E-state index contributed by atoms with van der Waals surface area (Å²) >= 11 is 6.37. The van der Waals surface area contributed by atoms with Crippen molar-refractivity contribution in [2.45, 2.75) is 49.7 Å². The highest BCUT2D eigenvalue weighted by molar-refractivity contribution is 6.31. The van der Waals surface area contributed by atoms with E-state index >= 15 is 0 Å². The fraction of sp³-hybridized carbons (Fsp3) is 0.290. The minimum atomic E-state index is -0.579. The number of halogens is 1. The van der Waals surface area contributed by atoms with Crippen LogP contribution < -0.4 is 10.3 Å². The second-order valence-electron chi connectivity index (χ2n) is 11.7. The van der Waals surface area contributed by atoms with Crippen molar-refractivity contribution in [1.29, 1.82) is 0 Å². The number of nitrogens with zero attached hydrogens (tertiary/aromatic N) is 6. The van der Waals surface area contributed by atoms with E-state index in [4.69, 9.17) is 21.3 Å². The van der Waals surface area contributed by atoms with Gasteiger partial charge in [0.05, 0.1) is 11.7 Å². The van der Waals surface area contributed by atoms with Crippen molar-refractivity contribution >= 4 is 28.7 Å². The molecular weight excluding hydrogens is 540 g/mol. The molecule has 0 unspecified atom stereocenters. The van der Waals surface area contributed by atoms with E-state index in [2.05, 4.69) is 33.7 Å². The van der Waals surface area contributed by atoms with Crippen LogP contribution in [0.4, 0.5) is 0 Å². The first kappa shape index (κ1) is 23.3. The zero-order chi connectivity index (χ0) is 27.5. The summed E-state index contributed by atoms with van der Waals surface area (Å²) < 4.78 is 9.68. The molecule has 3 aliphatic heterocycles. The number of hydrogen-bond acceptors (Lipinski definition) is 7. The summed E-state index contributed by atoms with van der Waals surface area (Å²) in [6.07, 6.45) is 7.24. The van der Waals surface area contributed by atoms with Crippen molar-refractivity contribution < 1.29 is 9.53 Å². The third kappa shape index (κ3) is 3.48. The second kappa shape index (κ2) is 8.10. The fourth-order valence-electron chi connectivity index (χ4n) is 6.94. The lowest BCUT2D eigenvalue weighted by Gasteiger charge is -2.25. The highest BCUT2D eigenvalue weighted by Gasteiger charge is 2.55. The summed E-state index contributed by atoms with van der Waals surface area (Å²) in [5.74, 6) is 1.71. The highest BCUT2D eigenvalue weighted by atomic mass is 35.5. The Labute approximate surface area is 239 Å². The maximum absolute atomic E-state index is 13.7. The summed E-state index contributed by atoms with van der Waals surface area (Å²) in [5.41, 5.74) is 6.90. The number of ketones is 1. The number of carbonyl (C=O) groups excluding carboxylic acids is 1. The number of aromatic nitrogens is 5. The average molecular weight is 563 g/mol. The molecular formula is C31H23ClN6O3. The Hall–Kier alpha value is -4.37. The van der Waals surface area contributed by atoms with E-state index in [1.165, 1.54) is 6.33 Å². The van der Waals surface area contributed by atoms with Crippen molar-refractivity contribution in [2.24, 2.45) is 10.9 Å². The molecule has 1 spiro atoms. The van der Waals surface area contributed by atoms with Crippen molar-refractivity contribution in [3.8, 4) is 22.6 Å². The molecule has 10 heteroatoms. The number of aliphatic imine (C=N–C) groups is 1. The molecule has 0 bridgehead atoms. The van der Waals surface area contributed by atoms with Crippen molar-refractivity contribution in [2.75, 3.05) is 0 Å². The summed E-state index contributed by atoms with van der Waals surface area (Å²) in [4.78, 5) is 31.0. The van der Waals surface area contributed by atoms with Gasteiger partial charge in [-0.25, -0.2) is 0 Å². The lowest BCUT2D eigenvalue weighted by molar-refractivity contribution is -0.128. The number of fused-ring (bicyclic) bond motifs is 4. The first-order valence-corrected chi connectivity index (χ1v) is 14.3. The predicted molar refractivity (Wildman–Crippen MR) is 152 cm³/mol. The number of Topliss-reactive ketones (excluding diaryl/α,β-unsaturated/α-hetero) is 1. The molecule has 2 aromatic carbocycles. The van der Waals surface area contributed by atoms with Crippen LogP contribution in [-0.4, -0.2) is 41.9 Å². The lowest BCUT2D eigenvalue weighted by Crippen LogP contribution is -2.35. The van der Waals surface area contributed by atoms with Gasteiger partial charge in [-0.2, -0.15) is 4.68 Å². The first-order chi connectivity index (χ1) is 20.0. The Morgan fingerprint density at radius 2 is 1.90 bits per heavy atom. The third-order valence-electron chi connectivity index (χ3n) is 9.27. The van der Waals surface area contributed by atoms with Gasteiger partial charge in [0.25, 0.3) is 5.56 Å². The Morgan fingerprint density at radius 3 is 2.73 bits per heavy atom. The molecule has 3 atom stereocenters. The Kier molecular flexibility index (Phi) is 4.61. The number of rotatable bonds is 4. The average Bonchev–Trinajstić information content (AvgIpc) is 3.71. The van der Waals surface area contributed by atoms with Gasteiger partial charge in [-0.05, 0) is 82.6 Å². The molecule has 0 saturated heterocycles. The molecule has 0 N–H and O–H groups in total. The predicted octanol–water partition coefficient (Wildman–Crippen LogP) is 4.73. The molecule has 0 radical (unpaired) electrons. The van der Waals surface area contributed by atoms with E-state index in [1.54, 1.807) is 16.8 Å². The quantitative estimate of drug-likeness (QED) is 0.356. The van der Waals surface area contributed by atoms with Crippen LogP contribution in [0.2, 0.25) is 5.02 Å².